The van der Waals surface area contributed by atoms with Crippen LogP contribution in [0.5, 0.6) is 0 Å². The van der Waals surface area contributed by atoms with E-state index in [0.29, 0.717) is 13.2 Å². The Hall–Kier alpha value is -1.14. The highest BCUT2D eigenvalue weighted by Gasteiger charge is 2.10. The third-order valence-electron chi connectivity index (χ3n) is 1.79. The highest BCUT2D eigenvalue weighted by Crippen LogP contribution is 1.80. The van der Waals surface area contributed by atoms with E-state index in [4.69, 9.17) is 9.84 Å². The van der Waals surface area contributed by atoms with Gasteiger partial charge in [0.05, 0.1) is 6.54 Å². The first kappa shape index (κ1) is 13.9. The molecule has 1 amide bonds. The molecule has 0 saturated carbocycles. The molecule has 0 heterocycles. The standard InChI is InChI=1S/C9H18N2O4/c1-7(9(13)14)11-6-8(12)10-4-3-5-15-2/h7,11H,3-6H2,1-2H3,(H,10,12)(H,13,14). The van der Waals surface area contributed by atoms with E-state index in [1.165, 1.54) is 6.92 Å². The highest BCUT2D eigenvalue weighted by atomic mass is 16.5. The van der Waals surface area contributed by atoms with Crippen LogP contribution in [0.1, 0.15) is 13.3 Å². The number of nitrogens with one attached hydrogen (secondary N) is 2. The Morgan fingerprint density at radius 2 is 2.13 bits per heavy atom. The molecule has 0 aromatic carbocycles. The monoisotopic (exact) mass is 218 g/mol. The van der Waals surface area contributed by atoms with Gasteiger partial charge in [-0.25, -0.2) is 0 Å². The lowest BCUT2D eigenvalue weighted by Crippen LogP contribution is -2.41. The predicted molar refractivity (Wildman–Crippen MR) is 54.6 cm³/mol. The number of carbonyl (C=O) groups is 2. The summed E-state index contributed by atoms with van der Waals surface area (Å²) in [6.07, 6.45) is 0.747. The molecule has 0 aromatic heterocycles. The van der Waals surface area contributed by atoms with E-state index in [9.17, 15) is 9.59 Å². The van der Waals surface area contributed by atoms with Crippen LogP contribution in [-0.2, 0) is 14.3 Å². The summed E-state index contributed by atoms with van der Waals surface area (Å²) >= 11 is 0. The first-order chi connectivity index (χ1) is 7.07. The Kier molecular flexibility index (Phi) is 7.57. The molecule has 0 aliphatic carbocycles. The number of carboxylic acids is 1. The molecule has 6 nitrogen and oxygen atoms in total. The van der Waals surface area contributed by atoms with Gasteiger partial charge in [0.2, 0.25) is 5.91 Å². The van der Waals surface area contributed by atoms with Crippen LogP contribution in [-0.4, -0.2) is 49.8 Å². The zero-order valence-electron chi connectivity index (χ0n) is 9.08. The molecule has 0 rings (SSSR count). The van der Waals surface area contributed by atoms with Crippen molar-refractivity contribution >= 4 is 11.9 Å². The molecule has 0 bridgehead atoms. The quantitative estimate of drug-likeness (QED) is 0.464. The van der Waals surface area contributed by atoms with Crippen molar-refractivity contribution in [1.29, 1.82) is 0 Å². The molecule has 0 spiro atoms. The van der Waals surface area contributed by atoms with Crippen LogP contribution in [0.3, 0.4) is 0 Å². The van der Waals surface area contributed by atoms with Crippen molar-refractivity contribution < 1.29 is 19.4 Å². The van der Waals surface area contributed by atoms with Gasteiger partial charge in [-0.3, -0.25) is 14.9 Å². The van der Waals surface area contributed by atoms with Gasteiger partial charge in [-0.1, -0.05) is 0 Å². The normalized spacial score (nSPS) is 12.1. The number of ether oxygens (including phenoxy) is 1. The zero-order chi connectivity index (χ0) is 11.7. The van der Waals surface area contributed by atoms with Crippen molar-refractivity contribution in [3.8, 4) is 0 Å². The molecule has 0 aliphatic rings. The lowest BCUT2D eigenvalue weighted by atomic mass is 10.3. The fraction of sp³-hybridized carbons (Fsp3) is 0.778. The van der Waals surface area contributed by atoms with Crippen molar-refractivity contribution in [1.82, 2.24) is 10.6 Å². The number of hydrogen-bond donors (Lipinski definition) is 3. The SMILES string of the molecule is COCCCNC(=O)CNC(C)C(=O)O. The van der Waals surface area contributed by atoms with Crippen LogP contribution in [0.15, 0.2) is 0 Å². The molecule has 1 unspecified atom stereocenters. The van der Waals surface area contributed by atoms with E-state index in [-0.39, 0.29) is 12.5 Å². The molecule has 0 radical (unpaired) electrons. The van der Waals surface area contributed by atoms with E-state index in [1.54, 1.807) is 7.11 Å². The summed E-state index contributed by atoms with van der Waals surface area (Å²) in [5, 5.41) is 13.7. The van der Waals surface area contributed by atoms with Gasteiger partial charge < -0.3 is 15.2 Å². The second-order valence-corrected chi connectivity index (χ2v) is 3.14. The molecule has 15 heavy (non-hydrogen) atoms. The van der Waals surface area contributed by atoms with Gasteiger partial charge in [-0.2, -0.15) is 0 Å². The van der Waals surface area contributed by atoms with Crippen molar-refractivity contribution in [3.63, 3.8) is 0 Å². The fourth-order valence-electron chi connectivity index (χ4n) is 0.840. The van der Waals surface area contributed by atoms with Gasteiger partial charge in [-0.15, -0.1) is 0 Å². The van der Waals surface area contributed by atoms with Crippen LogP contribution >= 0.6 is 0 Å². The second-order valence-electron chi connectivity index (χ2n) is 3.14. The van der Waals surface area contributed by atoms with E-state index < -0.39 is 12.0 Å². The summed E-state index contributed by atoms with van der Waals surface area (Å²) in [6, 6.07) is -0.713. The van der Waals surface area contributed by atoms with Crippen LogP contribution in [0, 0.1) is 0 Å². The third kappa shape index (κ3) is 7.90. The number of rotatable bonds is 8. The number of carboxylic acid groups (broad SMARTS) is 1. The molecular weight excluding hydrogens is 200 g/mol. The minimum Gasteiger partial charge on any atom is -0.480 e. The maximum Gasteiger partial charge on any atom is 0.320 e. The molecule has 0 fully saturated rings. The Bertz CT molecular complexity index is 208. The minimum absolute atomic E-state index is 0.0143. The van der Waals surface area contributed by atoms with Gasteiger partial charge >= 0.3 is 5.97 Å². The Morgan fingerprint density at radius 3 is 2.67 bits per heavy atom. The van der Waals surface area contributed by atoms with Crippen molar-refractivity contribution in [2.45, 2.75) is 19.4 Å². The average molecular weight is 218 g/mol. The minimum atomic E-state index is -0.970. The lowest BCUT2D eigenvalue weighted by Gasteiger charge is -2.09. The average Bonchev–Trinajstić information content (AvgIpc) is 2.20. The summed E-state index contributed by atoms with van der Waals surface area (Å²) in [7, 11) is 1.60. The van der Waals surface area contributed by atoms with Crippen molar-refractivity contribution in [2.24, 2.45) is 0 Å². The third-order valence-corrected chi connectivity index (χ3v) is 1.79. The maximum atomic E-state index is 11.1. The topological polar surface area (TPSA) is 87.7 Å². The second kappa shape index (κ2) is 8.19. The molecule has 0 aliphatic heterocycles. The Morgan fingerprint density at radius 1 is 1.47 bits per heavy atom. The van der Waals surface area contributed by atoms with E-state index in [2.05, 4.69) is 10.6 Å². The molecule has 3 N–H and O–H groups in total. The zero-order valence-corrected chi connectivity index (χ0v) is 9.08. The number of carbonyl (C=O) groups excluding carboxylic acids is 1. The number of hydrogen-bond acceptors (Lipinski definition) is 4. The molecule has 6 heteroatoms. The van der Waals surface area contributed by atoms with E-state index in [0.717, 1.165) is 6.42 Å². The summed E-state index contributed by atoms with van der Waals surface area (Å²) in [4.78, 5) is 21.5. The number of methoxy groups -OCH3 is 1. The fourth-order valence-corrected chi connectivity index (χ4v) is 0.840. The van der Waals surface area contributed by atoms with E-state index in [1.807, 2.05) is 0 Å². The summed E-state index contributed by atoms with van der Waals surface area (Å²) in [5.41, 5.74) is 0. The predicted octanol–water partition coefficient (Wildman–Crippen LogP) is -0.798. The molecule has 1 atom stereocenters. The maximum absolute atomic E-state index is 11.1. The van der Waals surface area contributed by atoms with Crippen molar-refractivity contribution in [3.05, 3.63) is 0 Å². The van der Waals surface area contributed by atoms with E-state index >= 15 is 0 Å². The van der Waals surface area contributed by atoms with Crippen molar-refractivity contribution in [2.75, 3.05) is 26.8 Å². The highest BCUT2D eigenvalue weighted by molar-refractivity contribution is 5.79. The molecule has 0 aromatic rings. The smallest absolute Gasteiger partial charge is 0.320 e. The Labute approximate surface area is 89.0 Å². The largest absolute Gasteiger partial charge is 0.480 e. The van der Waals surface area contributed by atoms with Crippen LogP contribution < -0.4 is 10.6 Å². The first-order valence-corrected chi connectivity index (χ1v) is 4.79. The molecule has 88 valence electrons. The number of amides is 1. The summed E-state index contributed by atoms with van der Waals surface area (Å²) < 4.78 is 4.81. The van der Waals surface area contributed by atoms with Crippen LogP contribution in [0.25, 0.3) is 0 Å². The molecular formula is C9H18N2O4. The first-order valence-electron chi connectivity index (χ1n) is 4.79. The van der Waals surface area contributed by atoms with Crippen LogP contribution in [0.2, 0.25) is 0 Å². The van der Waals surface area contributed by atoms with Gasteiger partial charge in [-0.05, 0) is 13.3 Å². The summed E-state index contributed by atoms with van der Waals surface area (Å²) in [5.74, 6) is -1.18. The van der Waals surface area contributed by atoms with Gasteiger partial charge in [0.1, 0.15) is 6.04 Å². The number of aliphatic carboxylic acids is 1. The Balaban J connectivity index is 3.45. The van der Waals surface area contributed by atoms with Gasteiger partial charge in [0.15, 0.2) is 0 Å². The van der Waals surface area contributed by atoms with Crippen LogP contribution in [0.4, 0.5) is 0 Å². The lowest BCUT2D eigenvalue weighted by molar-refractivity contribution is -0.139. The van der Waals surface area contributed by atoms with Gasteiger partial charge in [0, 0.05) is 20.3 Å². The van der Waals surface area contributed by atoms with Gasteiger partial charge in [0.25, 0.3) is 0 Å². The summed E-state index contributed by atoms with van der Waals surface area (Å²) in [6.45, 7) is 2.63. The molecule has 0 saturated heterocycles.